The van der Waals surface area contributed by atoms with E-state index in [0.717, 1.165) is 19.6 Å². The second-order valence-electron chi connectivity index (χ2n) is 6.27. The number of amides is 1. The zero-order chi connectivity index (χ0) is 14.9. The molecule has 1 atom stereocenters. The first-order chi connectivity index (χ1) is 10.1. The molecule has 2 aliphatic heterocycles. The SMILES string of the molecule is CCn1cc(C(=O)N2CC[C@@](O)(CN3CCCC3)C2)cn1. The van der Waals surface area contributed by atoms with E-state index >= 15 is 0 Å². The number of aromatic nitrogens is 2. The van der Waals surface area contributed by atoms with Crippen molar-refractivity contribution in [3.8, 4) is 0 Å². The lowest BCUT2D eigenvalue weighted by Crippen LogP contribution is -2.45. The van der Waals surface area contributed by atoms with Crippen molar-refractivity contribution in [3.63, 3.8) is 0 Å². The summed E-state index contributed by atoms with van der Waals surface area (Å²) in [5, 5.41) is 14.9. The number of nitrogens with zero attached hydrogens (tertiary/aromatic N) is 4. The maximum Gasteiger partial charge on any atom is 0.257 e. The molecule has 2 aliphatic rings. The summed E-state index contributed by atoms with van der Waals surface area (Å²) >= 11 is 0. The van der Waals surface area contributed by atoms with Crippen LogP contribution < -0.4 is 0 Å². The second kappa shape index (κ2) is 5.77. The van der Waals surface area contributed by atoms with Crippen molar-refractivity contribution in [1.29, 1.82) is 0 Å². The fourth-order valence-corrected chi connectivity index (χ4v) is 3.35. The van der Waals surface area contributed by atoms with E-state index in [4.69, 9.17) is 0 Å². The van der Waals surface area contributed by atoms with Gasteiger partial charge in [-0.05, 0) is 39.3 Å². The lowest BCUT2D eigenvalue weighted by atomic mass is 10.0. The van der Waals surface area contributed by atoms with Crippen molar-refractivity contribution < 1.29 is 9.90 Å². The van der Waals surface area contributed by atoms with Gasteiger partial charge >= 0.3 is 0 Å². The molecule has 116 valence electrons. The lowest BCUT2D eigenvalue weighted by Gasteiger charge is -2.28. The Balaban J connectivity index is 1.61. The molecule has 0 aromatic carbocycles. The standard InChI is InChI=1S/C15H24N4O2/c1-2-19-10-13(9-16-19)14(20)18-8-5-15(21,12-18)11-17-6-3-4-7-17/h9-10,21H,2-8,11-12H2,1H3/t15-/m1/s1. The van der Waals surface area contributed by atoms with Crippen LogP contribution in [0, 0.1) is 0 Å². The number of carbonyl (C=O) groups is 1. The molecule has 21 heavy (non-hydrogen) atoms. The monoisotopic (exact) mass is 292 g/mol. The molecule has 2 fully saturated rings. The van der Waals surface area contributed by atoms with Crippen molar-refractivity contribution in [3.05, 3.63) is 18.0 Å². The highest BCUT2D eigenvalue weighted by atomic mass is 16.3. The molecule has 1 N–H and O–H groups in total. The number of likely N-dealkylation sites (tertiary alicyclic amines) is 2. The van der Waals surface area contributed by atoms with Gasteiger partial charge in [-0.2, -0.15) is 5.10 Å². The van der Waals surface area contributed by atoms with Crippen LogP contribution >= 0.6 is 0 Å². The van der Waals surface area contributed by atoms with Crippen LogP contribution in [0.1, 0.15) is 36.5 Å². The fraction of sp³-hybridized carbons (Fsp3) is 0.733. The van der Waals surface area contributed by atoms with Gasteiger partial charge in [0.15, 0.2) is 0 Å². The first-order valence-corrected chi connectivity index (χ1v) is 7.86. The summed E-state index contributed by atoms with van der Waals surface area (Å²) in [5.74, 6) is -0.0213. The molecule has 2 saturated heterocycles. The summed E-state index contributed by atoms with van der Waals surface area (Å²) in [7, 11) is 0. The Morgan fingerprint density at radius 2 is 2.14 bits per heavy atom. The molecule has 6 heteroatoms. The molecule has 0 radical (unpaired) electrons. The van der Waals surface area contributed by atoms with Crippen LogP contribution in [0.2, 0.25) is 0 Å². The zero-order valence-electron chi connectivity index (χ0n) is 12.7. The fourth-order valence-electron chi connectivity index (χ4n) is 3.35. The minimum absolute atomic E-state index is 0.0213. The molecule has 6 nitrogen and oxygen atoms in total. The molecule has 1 aromatic rings. The molecule has 0 saturated carbocycles. The highest BCUT2D eigenvalue weighted by Gasteiger charge is 2.40. The molecule has 0 bridgehead atoms. The maximum atomic E-state index is 12.4. The Kier molecular flexibility index (Phi) is 3.99. The average molecular weight is 292 g/mol. The van der Waals surface area contributed by atoms with E-state index in [9.17, 15) is 9.90 Å². The Morgan fingerprint density at radius 3 is 2.81 bits per heavy atom. The quantitative estimate of drug-likeness (QED) is 0.881. The summed E-state index contributed by atoms with van der Waals surface area (Å²) < 4.78 is 1.75. The smallest absolute Gasteiger partial charge is 0.257 e. The van der Waals surface area contributed by atoms with Gasteiger partial charge in [-0.3, -0.25) is 9.48 Å². The van der Waals surface area contributed by atoms with E-state index in [1.807, 2.05) is 6.92 Å². The number of rotatable bonds is 4. The topological polar surface area (TPSA) is 61.6 Å². The molecular weight excluding hydrogens is 268 g/mol. The van der Waals surface area contributed by atoms with Gasteiger partial charge in [-0.1, -0.05) is 0 Å². The largest absolute Gasteiger partial charge is 0.387 e. The predicted molar refractivity (Wildman–Crippen MR) is 79.0 cm³/mol. The third kappa shape index (κ3) is 3.11. The first-order valence-electron chi connectivity index (χ1n) is 7.86. The Bertz CT molecular complexity index is 510. The maximum absolute atomic E-state index is 12.4. The van der Waals surface area contributed by atoms with Gasteiger partial charge in [0.1, 0.15) is 0 Å². The van der Waals surface area contributed by atoms with E-state index in [-0.39, 0.29) is 5.91 Å². The molecule has 1 amide bonds. The highest BCUT2D eigenvalue weighted by molar-refractivity contribution is 5.94. The van der Waals surface area contributed by atoms with Crippen LogP contribution in [0.15, 0.2) is 12.4 Å². The van der Waals surface area contributed by atoms with E-state index in [0.29, 0.717) is 31.6 Å². The molecule has 3 rings (SSSR count). The average Bonchev–Trinajstić information content (AvgIpc) is 3.18. The minimum atomic E-state index is -0.749. The van der Waals surface area contributed by atoms with E-state index in [1.165, 1.54) is 12.8 Å². The zero-order valence-corrected chi connectivity index (χ0v) is 12.7. The Morgan fingerprint density at radius 1 is 1.38 bits per heavy atom. The lowest BCUT2D eigenvalue weighted by molar-refractivity contribution is 0.0175. The summed E-state index contributed by atoms with van der Waals surface area (Å²) in [5.41, 5.74) is -0.136. The van der Waals surface area contributed by atoms with Gasteiger partial charge in [0.2, 0.25) is 0 Å². The van der Waals surface area contributed by atoms with Gasteiger partial charge in [0.25, 0.3) is 5.91 Å². The van der Waals surface area contributed by atoms with Gasteiger partial charge in [0, 0.05) is 25.8 Å². The molecule has 0 aliphatic carbocycles. The predicted octanol–water partition coefficient (Wildman–Crippen LogP) is 0.576. The van der Waals surface area contributed by atoms with Gasteiger partial charge < -0.3 is 14.9 Å². The summed E-state index contributed by atoms with van der Waals surface area (Å²) in [6.45, 7) is 6.63. The first kappa shape index (κ1) is 14.5. The van der Waals surface area contributed by atoms with Crippen LogP contribution in [-0.2, 0) is 6.54 Å². The third-order valence-electron chi connectivity index (χ3n) is 4.54. The van der Waals surface area contributed by atoms with Gasteiger partial charge in [-0.25, -0.2) is 0 Å². The molecule has 1 aromatic heterocycles. The van der Waals surface area contributed by atoms with Crippen molar-refractivity contribution in [2.24, 2.45) is 0 Å². The van der Waals surface area contributed by atoms with Crippen LogP contribution in [-0.4, -0.2) is 68.9 Å². The van der Waals surface area contributed by atoms with Crippen molar-refractivity contribution in [2.45, 2.75) is 38.3 Å². The number of aliphatic hydroxyl groups is 1. The normalized spacial score (nSPS) is 26.7. The van der Waals surface area contributed by atoms with Crippen molar-refractivity contribution >= 4 is 5.91 Å². The van der Waals surface area contributed by atoms with Gasteiger partial charge in [-0.15, -0.1) is 0 Å². The van der Waals surface area contributed by atoms with Crippen LogP contribution in [0.5, 0.6) is 0 Å². The van der Waals surface area contributed by atoms with Crippen molar-refractivity contribution in [2.75, 3.05) is 32.7 Å². The van der Waals surface area contributed by atoms with Crippen LogP contribution in [0.4, 0.5) is 0 Å². The number of β-amino-alcohol motifs (C(OH)–C–C–N with tert-alkyl or cyclic N) is 1. The van der Waals surface area contributed by atoms with E-state index in [2.05, 4.69) is 10.00 Å². The van der Waals surface area contributed by atoms with Crippen LogP contribution in [0.25, 0.3) is 0 Å². The van der Waals surface area contributed by atoms with E-state index in [1.54, 1.807) is 22.0 Å². The summed E-state index contributed by atoms with van der Waals surface area (Å²) in [6.07, 6.45) is 6.49. The van der Waals surface area contributed by atoms with E-state index < -0.39 is 5.60 Å². The number of hydrogen-bond donors (Lipinski definition) is 1. The number of carbonyl (C=O) groups excluding carboxylic acids is 1. The molecule has 0 unspecified atom stereocenters. The molecule has 3 heterocycles. The highest BCUT2D eigenvalue weighted by Crippen LogP contribution is 2.25. The Hall–Kier alpha value is -1.40. The third-order valence-corrected chi connectivity index (χ3v) is 4.54. The van der Waals surface area contributed by atoms with Crippen LogP contribution in [0.3, 0.4) is 0 Å². The summed E-state index contributed by atoms with van der Waals surface area (Å²) in [4.78, 5) is 16.5. The second-order valence-corrected chi connectivity index (χ2v) is 6.27. The minimum Gasteiger partial charge on any atom is -0.387 e. The molecular formula is C15H24N4O2. The Labute approximate surface area is 125 Å². The number of aryl methyl sites for hydroxylation is 1. The molecule has 0 spiro atoms. The number of hydrogen-bond acceptors (Lipinski definition) is 4. The summed E-state index contributed by atoms with van der Waals surface area (Å²) in [6, 6.07) is 0. The van der Waals surface area contributed by atoms with Crippen molar-refractivity contribution in [1.82, 2.24) is 19.6 Å². The van der Waals surface area contributed by atoms with Gasteiger partial charge in [0.05, 0.1) is 23.9 Å².